The molecule has 2 rings (SSSR count). The molecular formula is C12H8BrF3N2. The van der Waals surface area contributed by atoms with Gasteiger partial charge in [-0.2, -0.15) is 0 Å². The fourth-order valence-corrected chi connectivity index (χ4v) is 1.99. The van der Waals surface area contributed by atoms with Crippen LogP contribution in [-0.4, -0.2) is 0 Å². The number of nitrogen functional groups attached to an aromatic ring is 1. The molecule has 0 saturated heterocycles. The molecule has 2 aromatic rings. The third kappa shape index (κ3) is 2.59. The molecule has 0 bridgehead atoms. The van der Waals surface area contributed by atoms with Crippen molar-refractivity contribution in [2.24, 2.45) is 0 Å². The van der Waals surface area contributed by atoms with E-state index in [2.05, 4.69) is 21.2 Å². The van der Waals surface area contributed by atoms with Gasteiger partial charge in [-0.3, -0.25) is 0 Å². The molecule has 0 heterocycles. The van der Waals surface area contributed by atoms with Crippen molar-refractivity contribution < 1.29 is 13.2 Å². The number of nitrogens with two attached hydrogens (primary N) is 1. The van der Waals surface area contributed by atoms with Crippen molar-refractivity contribution in [2.75, 3.05) is 11.1 Å². The minimum absolute atomic E-state index is 0.0271. The summed E-state index contributed by atoms with van der Waals surface area (Å²) in [6.45, 7) is 0. The van der Waals surface area contributed by atoms with Crippen molar-refractivity contribution in [1.29, 1.82) is 0 Å². The molecule has 0 aliphatic heterocycles. The normalized spacial score (nSPS) is 10.4. The molecule has 0 unspecified atom stereocenters. The van der Waals surface area contributed by atoms with Crippen LogP contribution in [0.15, 0.2) is 34.8 Å². The number of halogens is 4. The van der Waals surface area contributed by atoms with Gasteiger partial charge in [0.15, 0.2) is 0 Å². The van der Waals surface area contributed by atoms with Gasteiger partial charge in [-0.1, -0.05) is 0 Å². The molecule has 0 atom stereocenters. The molecule has 18 heavy (non-hydrogen) atoms. The third-order valence-corrected chi connectivity index (χ3v) is 2.88. The fourth-order valence-electron chi connectivity index (χ4n) is 1.44. The zero-order valence-corrected chi connectivity index (χ0v) is 10.6. The van der Waals surface area contributed by atoms with Gasteiger partial charge in [0.1, 0.15) is 17.5 Å². The molecule has 3 N–H and O–H groups in total. The quantitative estimate of drug-likeness (QED) is 0.815. The van der Waals surface area contributed by atoms with Crippen LogP contribution in [0.5, 0.6) is 0 Å². The van der Waals surface area contributed by atoms with Crippen molar-refractivity contribution in [1.82, 2.24) is 0 Å². The van der Waals surface area contributed by atoms with Gasteiger partial charge in [0.25, 0.3) is 0 Å². The van der Waals surface area contributed by atoms with E-state index < -0.39 is 17.5 Å². The van der Waals surface area contributed by atoms with E-state index >= 15 is 0 Å². The van der Waals surface area contributed by atoms with Gasteiger partial charge >= 0.3 is 0 Å². The van der Waals surface area contributed by atoms with Crippen LogP contribution in [-0.2, 0) is 0 Å². The van der Waals surface area contributed by atoms with Gasteiger partial charge < -0.3 is 11.1 Å². The Labute approximate surface area is 110 Å². The van der Waals surface area contributed by atoms with E-state index in [-0.39, 0.29) is 17.1 Å². The highest BCUT2D eigenvalue weighted by Crippen LogP contribution is 2.31. The molecule has 0 aliphatic carbocycles. The van der Waals surface area contributed by atoms with Gasteiger partial charge in [-0.05, 0) is 40.2 Å². The molecule has 0 aliphatic rings. The number of rotatable bonds is 2. The molecule has 94 valence electrons. The lowest BCUT2D eigenvalue weighted by molar-refractivity contribution is 0.585. The van der Waals surface area contributed by atoms with Gasteiger partial charge in [0.2, 0.25) is 0 Å². The highest BCUT2D eigenvalue weighted by molar-refractivity contribution is 9.10. The molecular weight excluding hydrogens is 309 g/mol. The van der Waals surface area contributed by atoms with Gasteiger partial charge in [-0.25, -0.2) is 13.2 Å². The van der Waals surface area contributed by atoms with E-state index in [0.717, 1.165) is 12.1 Å². The standard InChI is InChI=1S/C12H8BrF3N2/c13-8-4-7(17)5-10(16)12(8)18-11-2-1-6(14)3-9(11)15/h1-5,18H,17H2. The fraction of sp³-hybridized carbons (Fsp3) is 0. The summed E-state index contributed by atoms with van der Waals surface area (Å²) in [5.41, 5.74) is 5.70. The van der Waals surface area contributed by atoms with Crippen LogP contribution < -0.4 is 11.1 Å². The molecule has 0 aromatic heterocycles. The summed E-state index contributed by atoms with van der Waals surface area (Å²) in [5, 5.41) is 2.54. The second-order valence-corrected chi connectivity index (χ2v) is 4.46. The van der Waals surface area contributed by atoms with Gasteiger partial charge in [0.05, 0.1) is 11.4 Å². The second-order valence-electron chi connectivity index (χ2n) is 3.61. The molecule has 0 fully saturated rings. The average Bonchev–Trinajstić information content (AvgIpc) is 2.25. The van der Waals surface area contributed by atoms with E-state index in [9.17, 15) is 13.2 Å². The highest BCUT2D eigenvalue weighted by atomic mass is 79.9. The second kappa shape index (κ2) is 4.89. The first kappa shape index (κ1) is 12.8. The lowest BCUT2D eigenvalue weighted by Gasteiger charge is -2.11. The predicted molar refractivity (Wildman–Crippen MR) is 68.2 cm³/mol. The molecule has 2 aromatic carbocycles. The minimum Gasteiger partial charge on any atom is -0.399 e. The number of hydrogen-bond acceptors (Lipinski definition) is 2. The third-order valence-electron chi connectivity index (χ3n) is 2.26. The van der Waals surface area contributed by atoms with Crippen LogP contribution in [0.25, 0.3) is 0 Å². The van der Waals surface area contributed by atoms with Crippen molar-refractivity contribution in [3.8, 4) is 0 Å². The van der Waals surface area contributed by atoms with Crippen LogP contribution in [0.4, 0.5) is 30.2 Å². The van der Waals surface area contributed by atoms with Crippen molar-refractivity contribution >= 4 is 33.0 Å². The first-order valence-corrected chi connectivity index (χ1v) is 5.73. The van der Waals surface area contributed by atoms with Crippen LogP contribution in [0.1, 0.15) is 0 Å². The summed E-state index contributed by atoms with van der Waals surface area (Å²) in [5.74, 6) is -2.14. The average molecular weight is 317 g/mol. The van der Waals surface area contributed by atoms with Crippen LogP contribution in [0.3, 0.4) is 0 Å². The smallest absolute Gasteiger partial charge is 0.149 e. The molecule has 6 heteroatoms. The number of anilines is 3. The van der Waals surface area contributed by atoms with Gasteiger partial charge in [-0.15, -0.1) is 0 Å². The lowest BCUT2D eigenvalue weighted by Crippen LogP contribution is -1.99. The maximum Gasteiger partial charge on any atom is 0.149 e. The van der Waals surface area contributed by atoms with Crippen molar-refractivity contribution in [3.63, 3.8) is 0 Å². The van der Waals surface area contributed by atoms with E-state index in [0.29, 0.717) is 10.5 Å². The van der Waals surface area contributed by atoms with Crippen LogP contribution in [0, 0.1) is 17.5 Å². The lowest BCUT2D eigenvalue weighted by atomic mass is 10.2. The Balaban J connectivity index is 2.40. The SMILES string of the molecule is Nc1cc(F)c(Nc2ccc(F)cc2F)c(Br)c1. The van der Waals surface area contributed by atoms with Crippen molar-refractivity contribution in [3.05, 3.63) is 52.3 Å². The van der Waals surface area contributed by atoms with E-state index in [1.807, 2.05) is 0 Å². The maximum absolute atomic E-state index is 13.6. The summed E-state index contributed by atoms with van der Waals surface area (Å²) in [6.07, 6.45) is 0. The van der Waals surface area contributed by atoms with E-state index in [4.69, 9.17) is 5.73 Å². The summed E-state index contributed by atoms with van der Waals surface area (Å²) in [7, 11) is 0. The van der Waals surface area contributed by atoms with Crippen LogP contribution in [0.2, 0.25) is 0 Å². The Bertz CT molecular complexity index is 579. The Morgan fingerprint density at radius 3 is 2.33 bits per heavy atom. The largest absolute Gasteiger partial charge is 0.399 e. The predicted octanol–water partition coefficient (Wildman–Crippen LogP) is 4.19. The van der Waals surface area contributed by atoms with E-state index in [1.54, 1.807) is 0 Å². The Kier molecular flexibility index (Phi) is 3.47. The zero-order valence-electron chi connectivity index (χ0n) is 8.98. The number of hydrogen-bond donors (Lipinski definition) is 2. The Morgan fingerprint density at radius 2 is 1.72 bits per heavy atom. The van der Waals surface area contributed by atoms with Crippen molar-refractivity contribution in [2.45, 2.75) is 0 Å². The monoisotopic (exact) mass is 316 g/mol. The Hall–Kier alpha value is -1.69. The Morgan fingerprint density at radius 1 is 1.00 bits per heavy atom. The summed E-state index contributed by atoms with van der Waals surface area (Å²) in [4.78, 5) is 0. The molecule has 0 amide bonds. The first-order chi connectivity index (χ1) is 8.47. The summed E-state index contributed by atoms with van der Waals surface area (Å²) >= 11 is 3.12. The molecule has 0 spiro atoms. The topological polar surface area (TPSA) is 38.0 Å². The molecule has 2 nitrogen and oxygen atoms in total. The minimum atomic E-state index is -0.807. The molecule has 0 saturated carbocycles. The number of nitrogens with one attached hydrogen (secondary N) is 1. The number of benzene rings is 2. The van der Waals surface area contributed by atoms with Gasteiger partial charge in [0, 0.05) is 16.2 Å². The zero-order chi connectivity index (χ0) is 13.3. The van der Waals surface area contributed by atoms with Crippen LogP contribution >= 0.6 is 15.9 Å². The first-order valence-electron chi connectivity index (χ1n) is 4.94. The summed E-state index contributed by atoms with van der Waals surface area (Å²) < 4.78 is 40.1. The maximum atomic E-state index is 13.6. The molecule has 0 radical (unpaired) electrons. The van der Waals surface area contributed by atoms with E-state index in [1.165, 1.54) is 12.1 Å². The summed E-state index contributed by atoms with van der Waals surface area (Å²) in [6, 6.07) is 5.56. The highest BCUT2D eigenvalue weighted by Gasteiger charge is 2.11.